The highest BCUT2D eigenvalue weighted by Crippen LogP contribution is 2.05. The highest BCUT2D eigenvalue weighted by Gasteiger charge is 2.24. The van der Waals surface area contributed by atoms with Gasteiger partial charge in [0, 0.05) is 22.7 Å². The zero-order valence-electron chi connectivity index (χ0n) is 13.2. The van der Waals surface area contributed by atoms with Crippen LogP contribution >= 0.6 is 0 Å². The van der Waals surface area contributed by atoms with Gasteiger partial charge in [-0.05, 0) is 43.3 Å². The standard InChI is InChI=1S/C19H18N2O3/c1-13(20)17(19(23)24)21-18(22)16-11-9-15(10-12-16)8-7-14-5-3-2-4-6-14/h2-6,9-13,17H,20H2,1H3,(H,21,22)(H,23,24)/t13?,17-/m0/s1. The molecular formula is C19H18N2O3. The van der Waals surface area contributed by atoms with E-state index in [1.54, 1.807) is 24.3 Å². The molecule has 5 nitrogen and oxygen atoms in total. The first-order valence-corrected chi connectivity index (χ1v) is 7.44. The van der Waals surface area contributed by atoms with Crippen LogP contribution in [-0.4, -0.2) is 29.1 Å². The minimum atomic E-state index is -1.16. The lowest BCUT2D eigenvalue weighted by atomic mass is 10.1. The Balaban J connectivity index is 2.08. The average Bonchev–Trinajstić information content (AvgIpc) is 2.58. The van der Waals surface area contributed by atoms with Gasteiger partial charge in [0.1, 0.15) is 6.04 Å². The van der Waals surface area contributed by atoms with E-state index in [9.17, 15) is 9.59 Å². The van der Waals surface area contributed by atoms with Gasteiger partial charge >= 0.3 is 5.97 Å². The normalized spacial score (nSPS) is 12.4. The Bertz CT molecular complexity index is 772. The first kappa shape index (κ1) is 17.3. The Morgan fingerprint density at radius 1 is 1.00 bits per heavy atom. The zero-order valence-corrected chi connectivity index (χ0v) is 13.2. The number of benzene rings is 2. The number of nitrogens with two attached hydrogens (primary N) is 1. The van der Waals surface area contributed by atoms with E-state index < -0.39 is 24.0 Å². The van der Waals surface area contributed by atoms with Crippen LogP contribution < -0.4 is 11.1 Å². The van der Waals surface area contributed by atoms with E-state index in [-0.39, 0.29) is 0 Å². The molecule has 2 atom stereocenters. The number of amides is 1. The van der Waals surface area contributed by atoms with Crippen LogP contribution in [0.3, 0.4) is 0 Å². The van der Waals surface area contributed by atoms with Crippen LogP contribution in [0.5, 0.6) is 0 Å². The molecule has 0 spiro atoms. The smallest absolute Gasteiger partial charge is 0.327 e. The highest BCUT2D eigenvalue weighted by molar-refractivity contribution is 5.96. The summed E-state index contributed by atoms with van der Waals surface area (Å²) >= 11 is 0. The number of carbonyl (C=O) groups is 2. The van der Waals surface area contributed by atoms with Crippen LogP contribution in [0.2, 0.25) is 0 Å². The molecule has 122 valence electrons. The lowest BCUT2D eigenvalue weighted by Gasteiger charge is -2.17. The summed E-state index contributed by atoms with van der Waals surface area (Å²) in [6.07, 6.45) is 0. The van der Waals surface area contributed by atoms with Crippen LogP contribution in [0.25, 0.3) is 0 Å². The summed E-state index contributed by atoms with van der Waals surface area (Å²) in [5.74, 6) is 4.39. The Hall–Kier alpha value is -3.10. The predicted molar refractivity (Wildman–Crippen MR) is 91.4 cm³/mol. The molecule has 0 aromatic heterocycles. The number of hydrogen-bond donors (Lipinski definition) is 3. The van der Waals surface area contributed by atoms with Crippen molar-refractivity contribution in [3.63, 3.8) is 0 Å². The fraction of sp³-hybridized carbons (Fsp3) is 0.158. The first-order chi connectivity index (χ1) is 11.5. The van der Waals surface area contributed by atoms with E-state index in [1.165, 1.54) is 6.92 Å². The Morgan fingerprint density at radius 2 is 1.54 bits per heavy atom. The Kier molecular flexibility index (Phi) is 5.72. The molecule has 24 heavy (non-hydrogen) atoms. The van der Waals surface area contributed by atoms with Gasteiger partial charge in [-0.3, -0.25) is 4.79 Å². The average molecular weight is 322 g/mol. The van der Waals surface area contributed by atoms with Crippen molar-refractivity contribution in [2.75, 3.05) is 0 Å². The van der Waals surface area contributed by atoms with Crippen LogP contribution in [0.4, 0.5) is 0 Å². The van der Waals surface area contributed by atoms with Gasteiger partial charge in [0.05, 0.1) is 0 Å². The highest BCUT2D eigenvalue weighted by atomic mass is 16.4. The molecule has 0 aliphatic heterocycles. The van der Waals surface area contributed by atoms with Crippen LogP contribution in [0, 0.1) is 11.8 Å². The summed E-state index contributed by atoms with van der Waals surface area (Å²) in [5.41, 5.74) is 7.59. The van der Waals surface area contributed by atoms with Crippen molar-refractivity contribution in [3.8, 4) is 11.8 Å². The molecule has 2 aromatic rings. The number of rotatable bonds is 4. The summed E-state index contributed by atoms with van der Waals surface area (Å²) in [5, 5.41) is 11.5. The largest absolute Gasteiger partial charge is 0.480 e. The van der Waals surface area contributed by atoms with E-state index in [0.29, 0.717) is 5.56 Å². The number of aliphatic carboxylic acids is 1. The van der Waals surface area contributed by atoms with E-state index in [1.807, 2.05) is 30.3 Å². The maximum Gasteiger partial charge on any atom is 0.327 e. The lowest BCUT2D eigenvalue weighted by Crippen LogP contribution is -2.51. The molecule has 0 radical (unpaired) electrons. The quantitative estimate of drug-likeness (QED) is 0.746. The van der Waals surface area contributed by atoms with Crippen molar-refractivity contribution < 1.29 is 14.7 Å². The molecule has 2 aromatic carbocycles. The van der Waals surface area contributed by atoms with E-state index >= 15 is 0 Å². The molecular weight excluding hydrogens is 304 g/mol. The second kappa shape index (κ2) is 7.95. The van der Waals surface area contributed by atoms with Crippen molar-refractivity contribution in [2.24, 2.45) is 5.73 Å². The summed E-state index contributed by atoms with van der Waals surface area (Å²) in [6, 6.07) is 14.4. The third-order valence-corrected chi connectivity index (χ3v) is 3.35. The summed E-state index contributed by atoms with van der Waals surface area (Å²) in [4.78, 5) is 23.2. The van der Waals surface area contributed by atoms with E-state index in [4.69, 9.17) is 10.8 Å². The second-order valence-electron chi connectivity index (χ2n) is 5.34. The number of carboxylic acids is 1. The van der Waals surface area contributed by atoms with E-state index in [2.05, 4.69) is 17.2 Å². The van der Waals surface area contributed by atoms with Crippen LogP contribution in [-0.2, 0) is 4.79 Å². The molecule has 4 N–H and O–H groups in total. The molecule has 0 aliphatic rings. The van der Waals surface area contributed by atoms with Crippen LogP contribution in [0.15, 0.2) is 54.6 Å². The van der Waals surface area contributed by atoms with Gasteiger partial charge < -0.3 is 16.2 Å². The molecule has 1 amide bonds. The van der Waals surface area contributed by atoms with E-state index in [0.717, 1.165) is 11.1 Å². The molecule has 5 heteroatoms. The second-order valence-corrected chi connectivity index (χ2v) is 5.34. The monoisotopic (exact) mass is 322 g/mol. The lowest BCUT2D eigenvalue weighted by molar-refractivity contribution is -0.139. The van der Waals surface area contributed by atoms with Gasteiger partial charge in [-0.25, -0.2) is 4.79 Å². The fourth-order valence-electron chi connectivity index (χ4n) is 2.01. The van der Waals surface area contributed by atoms with Crippen molar-refractivity contribution in [2.45, 2.75) is 19.0 Å². The fourth-order valence-corrected chi connectivity index (χ4v) is 2.01. The molecule has 2 rings (SSSR count). The van der Waals surface area contributed by atoms with Gasteiger partial charge in [-0.2, -0.15) is 0 Å². The Morgan fingerprint density at radius 3 is 2.04 bits per heavy atom. The molecule has 0 bridgehead atoms. The van der Waals surface area contributed by atoms with Gasteiger partial charge in [-0.1, -0.05) is 30.0 Å². The van der Waals surface area contributed by atoms with Crippen molar-refractivity contribution in [1.82, 2.24) is 5.32 Å². The van der Waals surface area contributed by atoms with Gasteiger partial charge in [0.2, 0.25) is 0 Å². The summed E-state index contributed by atoms with van der Waals surface area (Å²) in [6.45, 7) is 1.53. The number of carboxylic acid groups (broad SMARTS) is 1. The molecule has 1 unspecified atom stereocenters. The number of hydrogen-bond acceptors (Lipinski definition) is 3. The minimum absolute atomic E-state index is 0.354. The third kappa shape index (κ3) is 4.70. The van der Waals surface area contributed by atoms with Crippen LogP contribution in [0.1, 0.15) is 28.4 Å². The maximum atomic E-state index is 12.1. The molecule has 0 saturated heterocycles. The van der Waals surface area contributed by atoms with Gasteiger partial charge in [-0.15, -0.1) is 0 Å². The Labute approximate surface area is 140 Å². The summed E-state index contributed by atoms with van der Waals surface area (Å²) in [7, 11) is 0. The van der Waals surface area contributed by atoms with Gasteiger partial charge in [0.25, 0.3) is 5.91 Å². The maximum absolute atomic E-state index is 12.1. The zero-order chi connectivity index (χ0) is 17.5. The van der Waals surface area contributed by atoms with Crippen molar-refractivity contribution >= 4 is 11.9 Å². The van der Waals surface area contributed by atoms with Gasteiger partial charge in [0.15, 0.2) is 0 Å². The first-order valence-electron chi connectivity index (χ1n) is 7.44. The molecule has 0 heterocycles. The summed E-state index contributed by atoms with van der Waals surface area (Å²) < 4.78 is 0. The topological polar surface area (TPSA) is 92.4 Å². The van der Waals surface area contributed by atoms with Crippen molar-refractivity contribution in [1.29, 1.82) is 0 Å². The molecule has 0 fully saturated rings. The predicted octanol–water partition coefficient (Wildman–Crippen LogP) is 1.62. The SMILES string of the molecule is CC(N)[C@H](NC(=O)c1ccc(C#Cc2ccccc2)cc1)C(=O)O. The van der Waals surface area contributed by atoms with Crippen molar-refractivity contribution in [3.05, 3.63) is 71.3 Å². The number of carbonyl (C=O) groups excluding carboxylic acids is 1. The molecule has 0 aliphatic carbocycles. The minimum Gasteiger partial charge on any atom is -0.480 e. The third-order valence-electron chi connectivity index (χ3n) is 3.35. The number of nitrogens with one attached hydrogen (secondary N) is 1. The molecule has 0 saturated carbocycles.